The summed E-state index contributed by atoms with van der Waals surface area (Å²) in [6.07, 6.45) is 0. The summed E-state index contributed by atoms with van der Waals surface area (Å²) in [6, 6.07) is 10.1. The summed E-state index contributed by atoms with van der Waals surface area (Å²) in [4.78, 5) is 20.9. The van der Waals surface area contributed by atoms with Crippen LogP contribution in [0.2, 0.25) is 5.02 Å². The zero-order chi connectivity index (χ0) is 15.4. The number of carboxylic acid groups (broad SMARTS) is 1. The normalized spacial score (nSPS) is 10.1. The van der Waals surface area contributed by atoms with Gasteiger partial charge in [0.05, 0.1) is 21.6 Å². The third kappa shape index (κ3) is 3.93. The van der Waals surface area contributed by atoms with Crippen molar-refractivity contribution in [3.8, 4) is 5.75 Å². The van der Waals surface area contributed by atoms with E-state index in [1.165, 1.54) is 30.3 Å². The number of carboxylic acids is 1. The largest absolute Gasteiger partial charge is 0.489 e. The number of nitrogens with zero attached hydrogens (tertiary/aromatic N) is 1. The second kappa shape index (κ2) is 6.23. The Labute approximate surface area is 124 Å². The molecule has 0 heterocycles. The third-order valence-corrected chi connectivity index (χ3v) is 2.89. The van der Waals surface area contributed by atoms with Crippen LogP contribution in [0, 0.1) is 10.1 Å². The number of halogens is 1. The summed E-state index contributed by atoms with van der Waals surface area (Å²) >= 11 is 5.78. The van der Waals surface area contributed by atoms with Gasteiger partial charge < -0.3 is 9.84 Å². The zero-order valence-electron chi connectivity index (χ0n) is 10.7. The summed E-state index contributed by atoms with van der Waals surface area (Å²) in [5.41, 5.74) is 0.762. The van der Waals surface area contributed by atoms with Crippen LogP contribution in [-0.2, 0) is 6.61 Å². The van der Waals surface area contributed by atoms with Crippen LogP contribution in [0.4, 0.5) is 5.69 Å². The van der Waals surface area contributed by atoms with Crippen molar-refractivity contribution in [1.29, 1.82) is 0 Å². The minimum atomic E-state index is -1.01. The Morgan fingerprint density at radius 3 is 2.48 bits per heavy atom. The van der Waals surface area contributed by atoms with E-state index in [-0.39, 0.29) is 28.6 Å². The van der Waals surface area contributed by atoms with Gasteiger partial charge in [-0.05, 0) is 23.8 Å². The molecule has 0 unspecified atom stereocenters. The Balaban J connectivity index is 2.09. The van der Waals surface area contributed by atoms with Gasteiger partial charge in [-0.3, -0.25) is 10.1 Å². The predicted octanol–water partition coefficient (Wildman–Crippen LogP) is 3.53. The van der Waals surface area contributed by atoms with E-state index in [0.29, 0.717) is 0 Å². The van der Waals surface area contributed by atoms with Crippen LogP contribution in [0.3, 0.4) is 0 Å². The Morgan fingerprint density at radius 1 is 1.24 bits per heavy atom. The van der Waals surface area contributed by atoms with Gasteiger partial charge in [0, 0.05) is 6.07 Å². The number of nitro groups is 1. The van der Waals surface area contributed by atoms with Crippen LogP contribution in [0.5, 0.6) is 5.75 Å². The molecule has 2 rings (SSSR count). The van der Waals surface area contributed by atoms with Gasteiger partial charge in [0.2, 0.25) is 0 Å². The number of rotatable bonds is 5. The van der Waals surface area contributed by atoms with Crippen molar-refractivity contribution in [3.63, 3.8) is 0 Å². The fraction of sp³-hybridized carbons (Fsp3) is 0.0714. The summed E-state index contributed by atoms with van der Waals surface area (Å²) in [6.45, 7) is 0.150. The molecule has 0 bridgehead atoms. The number of non-ortho nitro benzene ring substituents is 1. The minimum absolute atomic E-state index is 0.150. The van der Waals surface area contributed by atoms with E-state index in [0.717, 1.165) is 5.56 Å². The monoisotopic (exact) mass is 307 g/mol. The van der Waals surface area contributed by atoms with Crippen LogP contribution in [0.15, 0.2) is 42.5 Å². The Hall–Kier alpha value is -2.60. The Morgan fingerprint density at radius 2 is 1.90 bits per heavy atom. The molecule has 0 aromatic heterocycles. The fourth-order valence-electron chi connectivity index (χ4n) is 1.65. The molecule has 0 spiro atoms. The van der Waals surface area contributed by atoms with Gasteiger partial charge in [-0.2, -0.15) is 0 Å². The molecule has 2 aromatic rings. The van der Waals surface area contributed by atoms with Gasteiger partial charge in [-0.1, -0.05) is 23.7 Å². The predicted molar refractivity (Wildman–Crippen MR) is 75.8 cm³/mol. The molecule has 0 saturated heterocycles. The van der Waals surface area contributed by atoms with Gasteiger partial charge in [-0.25, -0.2) is 4.79 Å². The molecule has 0 amide bonds. The first-order chi connectivity index (χ1) is 9.95. The molecule has 0 aliphatic heterocycles. The van der Waals surface area contributed by atoms with Crippen molar-refractivity contribution in [1.82, 2.24) is 0 Å². The van der Waals surface area contributed by atoms with E-state index in [4.69, 9.17) is 21.4 Å². The van der Waals surface area contributed by atoms with Crippen molar-refractivity contribution >= 4 is 23.3 Å². The number of benzene rings is 2. The summed E-state index contributed by atoms with van der Waals surface area (Å²) in [5.74, 6) is -0.732. The fourth-order valence-corrected chi connectivity index (χ4v) is 1.87. The lowest BCUT2D eigenvalue weighted by molar-refractivity contribution is -0.384. The Bertz CT molecular complexity index is 684. The van der Waals surface area contributed by atoms with E-state index in [2.05, 4.69) is 0 Å². The summed E-state index contributed by atoms with van der Waals surface area (Å²) in [7, 11) is 0. The van der Waals surface area contributed by atoms with E-state index in [1.54, 1.807) is 12.1 Å². The molecule has 0 radical (unpaired) electrons. The highest BCUT2D eigenvalue weighted by Gasteiger charge is 2.10. The Kier molecular flexibility index (Phi) is 4.39. The summed E-state index contributed by atoms with van der Waals surface area (Å²) < 4.78 is 5.43. The standard InChI is InChI=1S/C14H10ClNO5/c15-11-5-12(16(19)20)7-13(6-11)21-8-9-1-3-10(4-2-9)14(17)18/h1-7H,8H2,(H,17,18). The van der Waals surface area contributed by atoms with Gasteiger partial charge in [0.15, 0.2) is 0 Å². The van der Waals surface area contributed by atoms with Crippen molar-refractivity contribution in [2.45, 2.75) is 6.61 Å². The topological polar surface area (TPSA) is 89.7 Å². The second-order valence-corrected chi connectivity index (χ2v) is 4.63. The van der Waals surface area contributed by atoms with Crippen LogP contribution in [-0.4, -0.2) is 16.0 Å². The number of carbonyl (C=O) groups is 1. The molecule has 6 nitrogen and oxygen atoms in total. The number of nitro benzene ring substituents is 1. The van der Waals surface area contributed by atoms with E-state index >= 15 is 0 Å². The maximum Gasteiger partial charge on any atom is 0.335 e. The highest BCUT2D eigenvalue weighted by atomic mass is 35.5. The number of hydrogen-bond donors (Lipinski definition) is 1. The van der Waals surface area contributed by atoms with Crippen LogP contribution >= 0.6 is 11.6 Å². The van der Waals surface area contributed by atoms with Gasteiger partial charge in [-0.15, -0.1) is 0 Å². The molecule has 0 saturated carbocycles. The highest BCUT2D eigenvalue weighted by molar-refractivity contribution is 6.30. The number of hydrogen-bond acceptors (Lipinski definition) is 4. The summed E-state index contributed by atoms with van der Waals surface area (Å²) in [5, 5.41) is 19.7. The average Bonchev–Trinajstić information content (AvgIpc) is 2.45. The van der Waals surface area contributed by atoms with E-state index in [9.17, 15) is 14.9 Å². The first kappa shape index (κ1) is 14.8. The lowest BCUT2D eigenvalue weighted by atomic mass is 10.1. The van der Waals surface area contributed by atoms with Crippen molar-refractivity contribution in [2.75, 3.05) is 0 Å². The first-order valence-corrected chi connectivity index (χ1v) is 6.23. The second-order valence-electron chi connectivity index (χ2n) is 4.19. The molecule has 108 valence electrons. The van der Waals surface area contributed by atoms with Gasteiger partial charge in [0.1, 0.15) is 12.4 Å². The third-order valence-electron chi connectivity index (χ3n) is 2.67. The molecular weight excluding hydrogens is 298 g/mol. The van der Waals surface area contributed by atoms with Crippen molar-refractivity contribution in [3.05, 3.63) is 68.7 Å². The number of aromatic carboxylic acids is 1. The van der Waals surface area contributed by atoms with E-state index in [1.807, 2.05) is 0 Å². The van der Waals surface area contributed by atoms with Gasteiger partial charge >= 0.3 is 5.97 Å². The van der Waals surface area contributed by atoms with Crippen molar-refractivity contribution in [2.24, 2.45) is 0 Å². The molecule has 0 atom stereocenters. The SMILES string of the molecule is O=C(O)c1ccc(COc2cc(Cl)cc([N+](=O)[O-])c2)cc1. The maximum atomic E-state index is 10.7. The minimum Gasteiger partial charge on any atom is -0.489 e. The lowest BCUT2D eigenvalue weighted by Gasteiger charge is -2.07. The van der Waals surface area contributed by atoms with Crippen LogP contribution in [0.25, 0.3) is 0 Å². The molecule has 21 heavy (non-hydrogen) atoms. The molecule has 0 aliphatic rings. The maximum absolute atomic E-state index is 10.7. The quantitative estimate of drug-likeness (QED) is 0.674. The van der Waals surface area contributed by atoms with Crippen LogP contribution in [0.1, 0.15) is 15.9 Å². The smallest absolute Gasteiger partial charge is 0.335 e. The molecular formula is C14H10ClNO5. The molecule has 1 N–H and O–H groups in total. The van der Waals surface area contributed by atoms with Crippen molar-refractivity contribution < 1.29 is 19.6 Å². The number of ether oxygens (including phenoxy) is 1. The highest BCUT2D eigenvalue weighted by Crippen LogP contribution is 2.26. The van der Waals surface area contributed by atoms with E-state index < -0.39 is 10.9 Å². The van der Waals surface area contributed by atoms with Gasteiger partial charge in [0.25, 0.3) is 5.69 Å². The average molecular weight is 308 g/mol. The lowest BCUT2D eigenvalue weighted by Crippen LogP contribution is -1.99. The van der Waals surface area contributed by atoms with Crippen LogP contribution < -0.4 is 4.74 Å². The first-order valence-electron chi connectivity index (χ1n) is 5.86. The molecule has 2 aromatic carbocycles. The molecule has 0 aliphatic carbocycles. The molecule has 7 heteroatoms. The molecule has 0 fully saturated rings. The zero-order valence-corrected chi connectivity index (χ0v) is 11.4.